The second-order valence-corrected chi connectivity index (χ2v) is 6.68. The molecule has 2 heterocycles. The molecule has 1 saturated heterocycles. The molecule has 0 radical (unpaired) electrons. The second kappa shape index (κ2) is 6.53. The van der Waals surface area contributed by atoms with E-state index in [0.29, 0.717) is 17.5 Å². The first kappa shape index (κ1) is 15.6. The van der Waals surface area contributed by atoms with Crippen LogP contribution >= 0.6 is 11.6 Å². The minimum Gasteiger partial charge on any atom is -0.376 e. The van der Waals surface area contributed by atoms with Crippen molar-refractivity contribution < 1.29 is 9.53 Å². The van der Waals surface area contributed by atoms with Gasteiger partial charge in [0.2, 0.25) is 5.82 Å². The minimum absolute atomic E-state index is 0.0995. The van der Waals surface area contributed by atoms with Crippen molar-refractivity contribution in [2.45, 2.75) is 37.7 Å². The van der Waals surface area contributed by atoms with Crippen molar-refractivity contribution in [2.75, 3.05) is 13.2 Å². The van der Waals surface area contributed by atoms with Crippen LogP contribution in [0.1, 0.15) is 48.0 Å². The SMILES string of the molecule is O=C(NCC1CCCO1)c1nc(C2CC2)n(-c2ccccc2Cl)n1. The molecule has 0 spiro atoms. The zero-order valence-electron chi connectivity index (χ0n) is 13.2. The highest BCUT2D eigenvalue weighted by molar-refractivity contribution is 6.32. The summed E-state index contributed by atoms with van der Waals surface area (Å²) >= 11 is 6.29. The van der Waals surface area contributed by atoms with Crippen LogP contribution in [0.3, 0.4) is 0 Å². The fourth-order valence-electron chi connectivity index (χ4n) is 2.92. The quantitative estimate of drug-likeness (QED) is 0.903. The van der Waals surface area contributed by atoms with Gasteiger partial charge in [0.1, 0.15) is 5.82 Å². The van der Waals surface area contributed by atoms with Crippen LogP contribution in [-0.4, -0.2) is 39.9 Å². The van der Waals surface area contributed by atoms with E-state index in [1.807, 2.05) is 24.3 Å². The normalized spacial score (nSPS) is 20.3. The van der Waals surface area contributed by atoms with Gasteiger partial charge in [0, 0.05) is 19.1 Å². The smallest absolute Gasteiger partial charge is 0.291 e. The highest BCUT2D eigenvalue weighted by Gasteiger charge is 2.32. The molecular formula is C17H19ClN4O2. The van der Waals surface area contributed by atoms with Gasteiger partial charge in [-0.05, 0) is 37.8 Å². The van der Waals surface area contributed by atoms with Crippen molar-refractivity contribution in [3.63, 3.8) is 0 Å². The Morgan fingerprint density at radius 3 is 2.88 bits per heavy atom. The molecule has 2 aromatic rings. The lowest BCUT2D eigenvalue weighted by molar-refractivity contribution is 0.0849. The summed E-state index contributed by atoms with van der Waals surface area (Å²) in [7, 11) is 0. The Morgan fingerprint density at radius 1 is 1.33 bits per heavy atom. The third-order valence-corrected chi connectivity index (χ3v) is 4.69. The number of hydrogen-bond acceptors (Lipinski definition) is 4. The van der Waals surface area contributed by atoms with Gasteiger partial charge in [0.15, 0.2) is 0 Å². The predicted octanol–water partition coefficient (Wildman–Crippen LogP) is 2.71. The van der Waals surface area contributed by atoms with E-state index in [0.717, 1.165) is 43.8 Å². The highest BCUT2D eigenvalue weighted by Crippen LogP contribution is 2.40. The fraction of sp³-hybridized carbons (Fsp3) is 0.471. The number of rotatable bonds is 5. The van der Waals surface area contributed by atoms with Gasteiger partial charge >= 0.3 is 0 Å². The summed E-state index contributed by atoms with van der Waals surface area (Å²) in [5.41, 5.74) is 0.756. The Morgan fingerprint density at radius 2 is 2.17 bits per heavy atom. The Balaban J connectivity index is 1.57. The molecule has 1 aromatic carbocycles. The molecule has 2 fully saturated rings. The molecule has 1 aliphatic heterocycles. The molecule has 1 atom stereocenters. The summed E-state index contributed by atoms with van der Waals surface area (Å²) in [5.74, 6) is 1.09. The molecule has 4 rings (SSSR count). The van der Waals surface area contributed by atoms with Crippen LogP contribution in [0.5, 0.6) is 0 Å². The Labute approximate surface area is 145 Å². The van der Waals surface area contributed by atoms with E-state index in [1.54, 1.807) is 4.68 Å². The summed E-state index contributed by atoms with van der Waals surface area (Å²) in [6.45, 7) is 1.27. The van der Waals surface area contributed by atoms with Crippen LogP contribution < -0.4 is 5.32 Å². The number of aromatic nitrogens is 3. The molecular weight excluding hydrogens is 328 g/mol. The molecule has 1 N–H and O–H groups in total. The summed E-state index contributed by atoms with van der Waals surface area (Å²) < 4.78 is 7.23. The number of benzene rings is 1. The fourth-order valence-corrected chi connectivity index (χ4v) is 3.13. The highest BCUT2D eigenvalue weighted by atomic mass is 35.5. The molecule has 1 saturated carbocycles. The lowest BCUT2D eigenvalue weighted by Gasteiger charge is -2.09. The summed E-state index contributed by atoms with van der Waals surface area (Å²) in [6, 6.07) is 7.47. The maximum Gasteiger partial charge on any atom is 0.291 e. The average molecular weight is 347 g/mol. The van der Waals surface area contributed by atoms with E-state index in [4.69, 9.17) is 16.3 Å². The summed E-state index contributed by atoms with van der Waals surface area (Å²) in [5, 5.41) is 7.88. The first-order chi connectivity index (χ1) is 11.7. The van der Waals surface area contributed by atoms with Crippen molar-refractivity contribution in [3.05, 3.63) is 40.9 Å². The number of carbonyl (C=O) groups excluding carboxylic acids is 1. The van der Waals surface area contributed by atoms with Crippen molar-refractivity contribution >= 4 is 17.5 Å². The summed E-state index contributed by atoms with van der Waals surface area (Å²) in [4.78, 5) is 16.9. The first-order valence-electron chi connectivity index (χ1n) is 8.34. The molecule has 24 heavy (non-hydrogen) atoms. The van der Waals surface area contributed by atoms with Crippen LogP contribution in [0.2, 0.25) is 5.02 Å². The van der Waals surface area contributed by atoms with Crippen LogP contribution in [0.15, 0.2) is 24.3 Å². The van der Waals surface area contributed by atoms with Crippen LogP contribution in [0.25, 0.3) is 5.69 Å². The van der Waals surface area contributed by atoms with Crippen molar-refractivity contribution in [3.8, 4) is 5.69 Å². The topological polar surface area (TPSA) is 69.0 Å². The summed E-state index contributed by atoms with van der Waals surface area (Å²) in [6.07, 6.45) is 4.27. The first-order valence-corrected chi connectivity index (χ1v) is 8.72. The van der Waals surface area contributed by atoms with E-state index in [2.05, 4.69) is 15.4 Å². The molecule has 2 aliphatic rings. The monoisotopic (exact) mass is 346 g/mol. The number of halogens is 1. The third-order valence-electron chi connectivity index (χ3n) is 4.37. The van der Waals surface area contributed by atoms with Gasteiger partial charge in [-0.3, -0.25) is 4.79 Å². The van der Waals surface area contributed by atoms with Gasteiger partial charge in [-0.15, -0.1) is 5.10 Å². The molecule has 1 unspecified atom stereocenters. The van der Waals surface area contributed by atoms with Crippen LogP contribution in [0.4, 0.5) is 0 Å². The maximum absolute atomic E-state index is 12.4. The molecule has 6 nitrogen and oxygen atoms in total. The van der Waals surface area contributed by atoms with Gasteiger partial charge in [-0.1, -0.05) is 23.7 Å². The van der Waals surface area contributed by atoms with E-state index >= 15 is 0 Å². The van der Waals surface area contributed by atoms with Gasteiger partial charge in [0.05, 0.1) is 16.8 Å². The average Bonchev–Trinajstić information content (AvgIpc) is 3.12. The van der Waals surface area contributed by atoms with E-state index in [-0.39, 0.29) is 17.8 Å². The largest absolute Gasteiger partial charge is 0.376 e. The lowest BCUT2D eigenvalue weighted by atomic mass is 10.2. The maximum atomic E-state index is 12.4. The van der Waals surface area contributed by atoms with Crippen molar-refractivity contribution in [2.24, 2.45) is 0 Å². The number of nitrogens with one attached hydrogen (secondary N) is 1. The Hall–Kier alpha value is -1.92. The van der Waals surface area contributed by atoms with Crippen LogP contribution in [0, 0.1) is 0 Å². The second-order valence-electron chi connectivity index (χ2n) is 6.28. The number of amides is 1. The molecule has 0 bridgehead atoms. The number of hydrogen-bond donors (Lipinski definition) is 1. The molecule has 1 aliphatic carbocycles. The standard InChI is InChI=1S/C17H19ClN4O2/c18-13-5-1-2-6-14(13)22-16(11-7-8-11)20-15(21-22)17(23)19-10-12-4-3-9-24-12/h1-2,5-6,11-12H,3-4,7-10H2,(H,19,23). The zero-order chi connectivity index (χ0) is 16.5. The number of nitrogens with zero attached hydrogens (tertiary/aromatic N) is 3. The number of ether oxygens (including phenoxy) is 1. The zero-order valence-corrected chi connectivity index (χ0v) is 14.0. The number of para-hydroxylation sites is 1. The Kier molecular flexibility index (Phi) is 4.24. The van der Waals surface area contributed by atoms with E-state index in [9.17, 15) is 4.79 Å². The van der Waals surface area contributed by atoms with Crippen molar-refractivity contribution in [1.29, 1.82) is 0 Å². The van der Waals surface area contributed by atoms with E-state index in [1.165, 1.54) is 0 Å². The third kappa shape index (κ3) is 3.16. The van der Waals surface area contributed by atoms with Gasteiger partial charge in [0.25, 0.3) is 5.91 Å². The van der Waals surface area contributed by atoms with Gasteiger partial charge in [-0.25, -0.2) is 9.67 Å². The van der Waals surface area contributed by atoms with E-state index < -0.39 is 0 Å². The minimum atomic E-state index is -0.266. The molecule has 1 aromatic heterocycles. The predicted molar refractivity (Wildman–Crippen MR) is 89.7 cm³/mol. The van der Waals surface area contributed by atoms with Crippen LogP contribution in [-0.2, 0) is 4.74 Å². The van der Waals surface area contributed by atoms with Gasteiger partial charge in [-0.2, -0.15) is 0 Å². The Bertz CT molecular complexity index is 751. The lowest BCUT2D eigenvalue weighted by Crippen LogP contribution is -2.32. The number of carbonyl (C=O) groups is 1. The molecule has 126 valence electrons. The van der Waals surface area contributed by atoms with Crippen molar-refractivity contribution in [1.82, 2.24) is 20.1 Å². The molecule has 1 amide bonds. The van der Waals surface area contributed by atoms with Gasteiger partial charge < -0.3 is 10.1 Å². The molecule has 7 heteroatoms.